The zero-order valence-corrected chi connectivity index (χ0v) is 15.1. The Kier molecular flexibility index (Phi) is 5.43. The van der Waals surface area contributed by atoms with Crippen molar-refractivity contribution >= 4 is 5.91 Å². The quantitative estimate of drug-likeness (QED) is 0.665. The van der Waals surface area contributed by atoms with E-state index in [2.05, 4.69) is 10.2 Å². The Balaban J connectivity index is 1.41. The molecule has 3 fully saturated rings. The monoisotopic (exact) mass is 379 g/mol. The van der Waals surface area contributed by atoms with Gasteiger partial charge in [-0.1, -0.05) is 12.1 Å². The minimum atomic E-state index is -0.665. The number of rotatable bonds is 5. The molecule has 8 heteroatoms. The van der Waals surface area contributed by atoms with Gasteiger partial charge in [0, 0.05) is 12.5 Å². The molecule has 1 aromatic carbocycles. The summed E-state index contributed by atoms with van der Waals surface area (Å²) >= 11 is 0. The number of primary amides is 1. The summed E-state index contributed by atoms with van der Waals surface area (Å²) in [6.45, 7) is 2.28. The first-order valence-corrected chi connectivity index (χ1v) is 9.49. The molecule has 4 N–H and O–H groups in total. The molecule has 7 nitrogen and oxygen atoms in total. The van der Waals surface area contributed by atoms with Gasteiger partial charge in [0.1, 0.15) is 11.9 Å². The molecule has 0 aromatic heterocycles. The topological polar surface area (TPSA) is 97.1 Å². The molecule has 0 saturated carbocycles. The fourth-order valence-corrected chi connectivity index (χ4v) is 4.36. The van der Waals surface area contributed by atoms with E-state index in [-0.39, 0.29) is 35.8 Å². The minimum absolute atomic E-state index is 0.104. The van der Waals surface area contributed by atoms with E-state index in [1.54, 1.807) is 12.1 Å². The van der Waals surface area contributed by atoms with Crippen LogP contribution in [-0.2, 0) is 20.8 Å². The number of carbonyl (C=O) groups is 1. The van der Waals surface area contributed by atoms with Crippen LogP contribution in [0.4, 0.5) is 4.39 Å². The zero-order valence-electron chi connectivity index (χ0n) is 15.1. The number of hydrogen-bond acceptors (Lipinski definition) is 6. The van der Waals surface area contributed by atoms with Crippen LogP contribution in [0.15, 0.2) is 24.3 Å². The molecular weight excluding hydrogens is 353 g/mol. The van der Waals surface area contributed by atoms with Crippen molar-refractivity contribution in [3.63, 3.8) is 0 Å². The number of halogens is 1. The number of ether oxygens (including phenoxy) is 2. The summed E-state index contributed by atoms with van der Waals surface area (Å²) in [6.07, 6.45) is 0.0239. The van der Waals surface area contributed by atoms with E-state index in [9.17, 15) is 14.3 Å². The van der Waals surface area contributed by atoms with Gasteiger partial charge in [-0.3, -0.25) is 9.69 Å². The molecule has 5 unspecified atom stereocenters. The largest absolute Gasteiger partial charge is 0.390 e. The highest BCUT2D eigenvalue weighted by molar-refractivity contribution is 5.76. The van der Waals surface area contributed by atoms with Crippen LogP contribution in [-0.4, -0.2) is 66.2 Å². The van der Waals surface area contributed by atoms with Crippen molar-refractivity contribution in [2.45, 2.75) is 50.0 Å². The van der Waals surface area contributed by atoms with E-state index in [1.807, 2.05) is 0 Å². The number of likely N-dealkylation sites (tertiary alicyclic amines) is 1. The van der Waals surface area contributed by atoms with Crippen molar-refractivity contribution in [2.75, 3.05) is 19.7 Å². The van der Waals surface area contributed by atoms with Crippen LogP contribution in [0.25, 0.3) is 0 Å². The smallest absolute Gasteiger partial charge is 0.220 e. The molecule has 1 amide bonds. The van der Waals surface area contributed by atoms with E-state index >= 15 is 0 Å². The Bertz CT molecular complexity index is 665. The molecular formula is C19H26FN3O4. The summed E-state index contributed by atoms with van der Waals surface area (Å²) in [5.74, 6) is -0.634. The molecule has 3 aliphatic heterocycles. The number of benzene rings is 1. The molecule has 27 heavy (non-hydrogen) atoms. The molecule has 3 heterocycles. The maximum Gasteiger partial charge on any atom is 0.220 e. The van der Waals surface area contributed by atoms with Gasteiger partial charge < -0.3 is 25.6 Å². The molecule has 3 aliphatic rings. The maximum atomic E-state index is 13.1. The van der Waals surface area contributed by atoms with Gasteiger partial charge in [0.05, 0.1) is 24.8 Å². The second-order valence-electron chi connectivity index (χ2n) is 7.60. The van der Waals surface area contributed by atoms with Crippen molar-refractivity contribution < 1.29 is 23.8 Å². The number of aliphatic hydroxyl groups excluding tert-OH is 1. The maximum absolute atomic E-state index is 13.1. The number of nitrogens with two attached hydrogens (primary N) is 1. The molecule has 1 aromatic rings. The molecule has 0 spiro atoms. The van der Waals surface area contributed by atoms with Crippen LogP contribution in [0.1, 0.15) is 18.4 Å². The summed E-state index contributed by atoms with van der Waals surface area (Å²) in [4.78, 5) is 13.5. The molecule has 0 radical (unpaired) electrons. The second-order valence-corrected chi connectivity index (χ2v) is 7.60. The average molecular weight is 379 g/mol. The van der Waals surface area contributed by atoms with Gasteiger partial charge in [-0.05, 0) is 43.6 Å². The number of carbonyl (C=O) groups excluding carboxylic acids is 1. The van der Waals surface area contributed by atoms with Crippen molar-refractivity contribution in [1.82, 2.24) is 10.2 Å². The predicted octanol–water partition coefficient (Wildman–Crippen LogP) is -0.0342. The molecule has 5 atom stereocenters. The Morgan fingerprint density at radius 3 is 2.67 bits per heavy atom. The zero-order chi connectivity index (χ0) is 19.0. The second kappa shape index (κ2) is 7.81. The van der Waals surface area contributed by atoms with E-state index in [0.717, 1.165) is 5.56 Å². The molecule has 2 bridgehead atoms. The predicted molar refractivity (Wildman–Crippen MR) is 94.9 cm³/mol. The highest BCUT2D eigenvalue weighted by atomic mass is 19.1. The summed E-state index contributed by atoms with van der Waals surface area (Å²) in [5, 5.41) is 14.4. The van der Waals surface area contributed by atoms with Crippen LogP contribution in [0.3, 0.4) is 0 Å². The Labute approximate surface area is 157 Å². The van der Waals surface area contributed by atoms with Gasteiger partial charge in [0.15, 0.2) is 6.29 Å². The highest BCUT2D eigenvalue weighted by Gasteiger charge is 2.52. The average Bonchev–Trinajstić information content (AvgIpc) is 3.08. The lowest BCUT2D eigenvalue weighted by Crippen LogP contribution is -2.65. The fraction of sp³-hybridized carbons (Fsp3) is 0.632. The number of hydrogen-bond donors (Lipinski definition) is 3. The summed E-state index contributed by atoms with van der Waals surface area (Å²) in [7, 11) is 0. The molecule has 148 valence electrons. The third-order valence-electron chi connectivity index (χ3n) is 5.94. The van der Waals surface area contributed by atoms with Gasteiger partial charge in [-0.15, -0.1) is 0 Å². The molecule has 0 aliphatic carbocycles. The summed E-state index contributed by atoms with van der Waals surface area (Å²) in [5.41, 5.74) is 6.35. The third-order valence-corrected chi connectivity index (χ3v) is 5.94. The molecule has 3 saturated heterocycles. The van der Waals surface area contributed by atoms with Gasteiger partial charge >= 0.3 is 0 Å². The Morgan fingerprint density at radius 2 is 2.00 bits per heavy atom. The van der Waals surface area contributed by atoms with E-state index in [0.29, 0.717) is 39.1 Å². The highest BCUT2D eigenvalue weighted by Crippen LogP contribution is 2.33. The van der Waals surface area contributed by atoms with Crippen LogP contribution in [0.5, 0.6) is 0 Å². The van der Waals surface area contributed by atoms with Gasteiger partial charge in [0.25, 0.3) is 0 Å². The number of piperidine rings is 1. The Morgan fingerprint density at radius 1 is 1.30 bits per heavy atom. The van der Waals surface area contributed by atoms with Crippen molar-refractivity contribution in [1.29, 1.82) is 0 Å². The lowest BCUT2D eigenvalue weighted by molar-refractivity contribution is -0.186. The van der Waals surface area contributed by atoms with Crippen LogP contribution >= 0.6 is 0 Å². The van der Waals surface area contributed by atoms with Crippen molar-refractivity contribution in [2.24, 2.45) is 11.7 Å². The number of nitrogens with zero attached hydrogens (tertiary/aromatic N) is 1. The van der Waals surface area contributed by atoms with E-state index in [1.165, 1.54) is 12.1 Å². The fourth-order valence-electron chi connectivity index (χ4n) is 4.36. The van der Waals surface area contributed by atoms with Gasteiger partial charge in [-0.25, -0.2) is 4.39 Å². The SMILES string of the molecule is NC(=O)C1CCN(C2C3OCC(O3)C(NCc3ccc(F)cc3)C2O)CC1. The number of fused-ring (bicyclic) bond motifs is 2. The third kappa shape index (κ3) is 3.86. The lowest BCUT2D eigenvalue weighted by atomic mass is 9.90. The van der Waals surface area contributed by atoms with Crippen molar-refractivity contribution in [3.05, 3.63) is 35.6 Å². The first-order valence-electron chi connectivity index (χ1n) is 9.49. The standard InChI is InChI=1S/C19H26FN3O4/c20-13-3-1-11(2-4-13)9-22-15-14-10-26-19(27-14)16(17(15)24)23-7-5-12(6-8-23)18(21)25/h1-4,12,14-17,19,22,24H,5-10H2,(H2,21,25). The minimum Gasteiger partial charge on any atom is -0.390 e. The Hall–Kier alpha value is -1.58. The first kappa shape index (κ1) is 18.8. The number of amides is 1. The lowest BCUT2D eigenvalue weighted by Gasteiger charge is -2.46. The summed E-state index contributed by atoms with van der Waals surface area (Å²) < 4.78 is 24.8. The number of nitrogens with one attached hydrogen (secondary N) is 1. The van der Waals surface area contributed by atoms with Crippen LogP contribution in [0.2, 0.25) is 0 Å². The van der Waals surface area contributed by atoms with E-state index < -0.39 is 12.4 Å². The van der Waals surface area contributed by atoms with Crippen LogP contribution in [0, 0.1) is 11.7 Å². The van der Waals surface area contributed by atoms with E-state index in [4.69, 9.17) is 15.2 Å². The van der Waals surface area contributed by atoms with Gasteiger partial charge in [-0.2, -0.15) is 0 Å². The van der Waals surface area contributed by atoms with Crippen LogP contribution < -0.4 is 11.1 Å². The normalized spacial score (nSPS) is 34.7. The molecule has 4 rings (SSSR count). The number of aliphatic hydroxyl groups is 1. The van der Waals surface area contributed by atoms with Crippen molar-refractivity contribution in [3.8, 4) is 0 Å². The van der Waals surface area contributed by atoms with Gasteiger partial charge in [0.2, 0.25) is 5.91 Å². The summed E-state index contributed by atoms with van der Waals surface area (Å²) in [6, 6.07) is 5.71. The first-order chi connectivity index (χ1) is 13.0.